The number of hydrogen-bond acceptors (Lipinski definition) is 6. The van der Waals surface area contributed by atoms with Gasteiger partial charge in [0.1, 0.15) is 11.3 Å². The molecule has 1 saturated carbocycles. The number of pyridine rings is 2. The first-order chi connectivity index (χ1) is 14.6. The van der Waals surface area contributed by atoms with E-state index in [-0.39, 0.29) is 11.4 Å². The second kappa shape index (κ2) is 7.66. The normalized spacial score (nSPS) is 17.5. The summed E-state index contributed by atoms with van der Waals surface area (Å²) in [5.41, 5.74) is 2.41. The van der Waals surface area contributed by atoms with Crippen LogP contribution in [0.15, 0.2) is 35.4 Å². The van der Waals surface area contributed by atoms with Gasteiger partial charge in [-0.1, -0.05) is 0 Å². The smallest absolute Gasteiger partial charge is 0.250 e. The molecule has 1 N–H and O–H groups in total. The highest BCUT2D eigenvalue weighted by molar-refractivity contribution is 5.82. The Bertz CT molecular complexity index is 1130. The van der Waals surface area contributed by atoms with E-state index in [0.717, 1.165) is 54.3 Å². The number of nitrogens with zero attached hydrogens (tertiary/aromatic N) is 5. The molecule has 1 aliphatic heterocycles. The van der Waals surface area contributed by atoms with Crippen molar-refractivity contribution in [1.82, 2.24) is 19.5 Å². The quantitative estimate of drug-likeness (QED) is 0.699. The molecule has 0 bridgehead atoms. The van der Waals surface area contributed by atoms with E-state index in [2.05, 4.69) is 15.2 Å². The number of halogens is 1. The van der Waals surface area contributed by atoms with Gasteiger partial charge in [-0.3, -0.25) is 9.78 Å². The van der Waals surface area contributed by atoms with Crippen LogP contribution in [-0.4, -0.2) is 38.7 Å². The van der Waals surface area contributed by atoms with Gasteiger partial charge in [-0.15, -0.1) is 0 Å². The molecule has 0 aromatic carbocycles. The van der Waals surface area contributed by atoms with Crippen molar-refractivity contribution in [1.29, 1.82) is 0 Å². The Labute approximate surface area is 174 Å². The average Bonchev–Trinajstić information content (AvgIpc) is 3.55. The first-order valence-electron chi connectivity index (χ1n) is 10.6. The van der Waals surface area contributed by atoms with E-state index >= 15 is 0 Å². The van der Waals surface area contributed by atoms with E-state index in [9.17, 15) is 9.18 Å². The van der Waals surface area contributed by atoms with Gasteiger partial charge in [-0.25, -0.2) is 14.4 Å². The van der Waals surface area contributed by atoms with E-state index in [1.165, 1.54) is 35.7 Å². The summed E-state index contributed by atoms with van der Waals surface area (Å²) < 4.78 is 15.0. The number of piperidine rings is 1. The third-order valence-electron chi connectivity index (χ3n) is 5.98. The minimum atomic E-state index is -0.377. The van der Waals surface area contributed by atoms with E-state index in [1.54, 1.807) is 6.20 Å². The molecule has 156 valence electrons. The molecule has 1 saturated heterocycles. The molecule has 30 heavy (non-hydrogen) atoms. The fraction of sp³-hybridized carbons (Fsp3) is 0.455. The van der Waals surface area contributed by atoms with Crippen molar-refractivity contribution < 1.29 is 4.39 Å². The summed E-state index contributed by atoms with van der Waals surface area (Å²) in [7, 11) is 0. The summed E-state index contributed by atoms with van der Waals surface area (Å²) in [6, 6.07) is 4.89. The van der Waals surface area contributed by atoms with Gasteiger partial charge in [-0.05, 0) is 50.7 Å². The number of rotatable bonds is 5. The standard InChI is InChI=1S/C22H25FN6O/c1-14-20-18(6-9-24-14)26-21(25-17-3-4-17)22(27-20)28-10-7-15(8-11-28)12-29-13-16(23)2-5-19(29)30/h2,5-6,9,13,15,17H,3-4,7-8,10-12H2,1H3,(H,25,26). The largest absolute Gasteiger partial charge is 0.364 e. The third-order valence-corrected chi connectivity index (χ3v) is 5.98. The Hall–Kier alpha value is -3.03. The van der Waals surface area contributed by atoms with Crippen LogP contribution in [0.25, 0.3) is 11.0 Å². The summed E-state index contributed by atoms with van der Waals surface area (Å²) in [6.07, 6.45) is 7.23. The molecule has 0 radical (unpaired) electrons. The highest BCUT2D eigenvalue weighted by Crippen LogP contribution is 2.33. The van der Waals surface area contributed by atoms with Crippen LogP contribution in [0.4, 0.5) is 16.0 Å². The molecule has 0 atom stereocenters. The molecule has 7 nitrogen and oxygen atoms in total. The molecule has 0 amide bonds. The Morgan fingerprint density at radius 1 is 1.13 bits per heavy atom. The Balaban J connectivity index is 1.36. The minimum absolute atomic E-state index is 0.155. The lowest BCUT2D eigenvalue weighted by Gasteiger charge is -2.34. The fourth-order valence-electron chi connectivity index (χ4n) is 4.09. The van der Waals surface area contributed by atoms with Crippen LogP contribution in [0.1, 0.15) is 31.4 Å². The molecule has 3 aromatic heterocycles. The second-order valence-electron chi connectivity index (χ2n) is 8.35. The first kappa shape index (κ1) is 19.0. The van der Waals surface area contributed by atoms with Crippen molar-refractivity contribution in [3.05, 3.63) is 52.5 Å². The first-order valence-corrected chi connectivity index (χ1v) is 10.6. The van der Waals surface area contributed by atoms with Crippen molar-refractivity contribution >= 4 is 22.7 Å². The van der Waals surface area contributed by atoms with Crippen molar-refractivity contribution in [2.75, 3.05) is 23.3 Å². The number of aryl methyl sites for hydroxylation is 1. The van der Waals surface area contributed by atoms with Gasteiger partial charge in [0.25, 0.3) is 5.56 Å². The van der Waals surface area contributed by atoms with Crippen LogP contribution >= 0.6 is 0 Å². The van der Waals surface area contributed by atoms with Crippen LogP contribution in [-0.2, 0) is 6.54 Å². The number of aromatic nitrogens is 4. The Morgan fingerprint density at radius 2 is 1.93 bits per heavy atom. The van der Waals surface area contributed by atoms with E-state index in [1.807, 2.05) is 13.0 Å². The number of hydrogen-bond donors (Lipinski definition) is 1. The predicted molar refractivity (Wildman–Crippen MR) is 114 cm³/mol. The summed E-state index contributed by atoms with van der Waals surface area (Å²) in [5.74, 6) is 1.68. The SMILES string of the molecule is Cc1nccc2nc(NC3CC3)c(N3CCC(Cn4cc(F)ccc4=O)CC3)nc12. The lowest BCUT2D eigenvalue weighted by molar-refractivity contribution is 0.349. The maximum absolute atomic E-state index is 13.5. The van der Waals surface area contributed by atoms with Crippen molar-refractivity contribution in [3.63, 3.8) is 0 Å². The zero-order valence-electron chi connectivity index (χ0n) is 17.0. The van der Waals surface area contributed by atoms with Crippen LogP contribution in [0.3, 0.4) is 0 Å². The molecule has 2 fully saturated rings. The predicted octanol–water partition coefficient (Wildman–Crippen LogP) is 3.12. The highest BCUT2D eigenvalue weighted by Gasteiger charge is 2.27. The maximum Gasteiger partial charge on any atom is 0.250 e. The van der Waals surface area contributed by atoms with Gasteiger partial charge in [0.2, 0.25) is 0 Å². The van der Waals surface area contributed by atoms with Crippen LogP contribution in [0, 0.1) is 18.7 Å². The number of fused-ring (bicyclic) bond motifs is 1. The van der Waals surface area contributed by atoms with E-state index in [0.29, 0.717) is 18.5 Å². The monoisotopic (exact) mass is 408 g/mol. The summed E-state index contributed by atoms with van der Waals surface area (Å²) in [5, 5.41) is 3.54. The molecule has 1 aliphatic carbocycles. The summed E-state index contributed by atoms with van der Waals surface area (Å²) >= 11 is 0. The van der Waals surface area contributed by atoms with Crippen LogP contribution < -0.4 is 15.8 Å². The molecule has 3 aromatic rings. The molecule has 4 heterocycles. The molecular weight excluding hydrogens is 383 g/mol. The lowest BCUT2D eigenvalue weighted by atomic mass is 9.96. The molecule has 2 aliphatic rings. The Kier molecular flexibility index (Phi) is 4.84. The maximum atomic E-state index is 13.5. The van der Waals surface area contributed by atoms with Gasteiger partial charge in [0.05, 0.1) is 11.2 Å². The highest BCUT2D eigenvalue weighted by atomic mass is 19.1. The van der Waals surface area contributed by atoms with E-state index in [4.69, 9.17) is 9.97 Å². The zero-order chi connectivity index (χ0) is 20.7. The molecule has 0 spiro atoms. The van der Waals surface area contributed by atoms with Gasteiger partial charge >= 0.3 is 0 Å². The van der Waals surface area contributed by atoms with Crippen LogP contribution in [0.5, 0.6) is 0 Å². The second-order valence-corrected chi connectivity index (χ2v) is 8.35. The van der Waals surface area contributed by atoms with Gasteiger partial charge in [0.15, 0.2) is 11.6 Å². The molecule has 8 heteroatoms. The minimum Gasteiger partial charge on any atom is -0.364 e. The lowest BCUT2D eigenvalue weighted by Crippen LogP contribution is -2.37. The topological polar surface area (TPSA) is 75.9 Å². The zero-order valence-corrected chi connectivity index (χ0v) is 17.0. The third kappa shape index (κ3) is 3.86. The Morgan fingerprint density at radius 3 is 2.70 bits per heavy atom. The van der Waals surface area contributed by atoms with Crippen molar-refractivity contribution in [2.45, 2.75) is 45.2 Å². The number of nitrogens with one attached hydrogen (secondary N) is 1. The van der Waals surface area contributed by atoms with Gasteiger partial charge in [0, 0.05) is 44.1 Å². The fourth-order valence-corrected chi connectivity index (χ4v) is 4.09. The van der Waals surface area contributed by atoms with E-state index < -0.39 is 0 Å². The van der Waals surface area contributed by atoms with Crippen molar-refractivity contribution in [3.8, 4) is 0 Å². The average molecular weight is 408 g/mol. The van der Waals surface area contributed by atoms with Crippen molar-refractivity contribution in [2.24, 2.45) is 5.92 Å². The molecule has 0 unspecified atom stereocenters. The van der Waals surface area contributed by atoms with Gasteiger partial charge in [-0.2, -0.15) is 0 Å². The van der Waals surface area contributed by atoms with Gasteiger partial charge < -0.3 is 14.8 Å². The summed E-state index contributed by atoms with van der Waals surface area (Å²) in [4.78, 5) is 28.4. The summed E-state index contributed by atoms with van der Waals surface area (Å²) in [6.45, 7) is 4.16. The molecule has 5 rings (SSSR count). The number of anilines is 2. The molecular formula is C22H25FN6O. The van der Waals surface area contributed by atoms with Crippen LogP contribution in [0.2, 0.25) is 0 Å².